The van der Waals surface area contributed by atoms with Gasteiger partial charge in [0, 0.05) is 36.5 Å². The molecule has 1 unspecified atom stereocenters. The van der Waals surface area contributed by atoms with Gasteiger partial charge < -0.3 is 14.5 Å². The van der Waals surface area contributed by atoms with Crippen molar-refractivity contribution in [2.45, 2.75) is 25.8 Å². The Balaban J connectivity index is 1.69. The third kappa shape index (κ3) is 3.76. The van der Waals surface area contributed by atoms with Crippen molar-refractivity contribution in [3.8, 4) is 22.9 Å². The van der Waals surface area contributed by atoms with Crippen molar-refractivity contribution in [3.05, 3.63) is 42.4 Å². The predicted octanol–water partition coefficient (Wildman–Crippen LogP) is 3.20. The molecule has 150 valence electrons. The predicted molar refractivity (Wildman–Crippen MR) is 113 cm³/mol. The average molecular weight is 390 g/mol. The third-order valence-corrected chi connectivity index (χ3v) is 5.53. The van der Waals surface area contributed by atoms with Crippen LogP contribution in [-0.2, 0) is 0 Å². The first-order chi connectivity index (χ1) is 14.1. The van der Waals surface area contributed by atoms with E-state index in [0.29, 0.717) is 18.2 Å². The van der Waals surface area contributed by atoms with E-state index in [2.05, 4.69) is 47.2 Å². The van der Waals surface area contributed by atoms with Gasteiger partial charge in [-0.15, -0.1) is 0 Å². The van der Waals surface area contributed by atoms with E-state index in [1.807, 2.05) is 19.2 Å². The van der Waals surface area contributed by atoms with Gasteiger partial charge in [-0.1, -0.05) is 0 Å². The SMILES string of the molecule is CCOc1cc(-c2ccc(N3CCCC(N(C)C)C3)nc2)c2c(C#N)cnn2c1. The number of hydrogen-bond acceptors (Lipinski definition) is 6. The zero-order chi connectivity index (χ0) is 20.4. The number of ether oxygens (including phenoxy) is 1. The van der Waals surface area contributed by atoms with Gasteiger partial charge in [-0.25, -0.2) is 9.50 Å². The average Bonchev–Trinajstić information content (AvgIpc) is 3.17. The molecule has 1 aliphatic rings. The van der Waals surface area contributed by atoms with Crippen molar-refractivity contribution in [2.75, 3.05) is 38.7 Å². The van der Waals surface area contributed by atoms with E-state index in [1.165, 1.54) is 12.8 Å². The molecule has 4 heterocycles. The molecule has 3 aromatic heterocycles. The molecular formula is C22H26N6O. The molecule has 1 aliphatic heterocycles. The molecule has 0 saturated carbocycles. The van der Waals surface area contributed by atoms with E-state index in [0.717, 1.165) is 41.3 Å². The minimum absolute atomic E-state index is 0.539. The highest BCUT2D eigenvalue weighted by atomic mass is 16.5. The Morgan fingerprint density at radius 3 is 2.86 bits per heavy atom. The summed E-state index contributed by atoms with van der Waals surface area (Å²) in [5.74, 6) is 1.71. The molecule has 3 aromatic rings. The zero-order valence-electron chi connectivity index (χ0n) is 17.2. The molecule has 0 aliphatic carbocycles. The lowest BCUT2D eigenvalue weighted by Crippen LogP contribution is -2.45. The molecule has 1 atom stereocenters. The van der Waals surface area contributed by atoms with E-state index in [1.54, 1.807) is 16.9 Å². The molecule has 1 fully saturated rings. The Hall–Kier alpha value is -3.11. The van der Waals surface area contributed by atoms with E-state index >= 15 is 0 Å². The standard InChI is InChI=1S/C22H26N6O/c1-4-29-19-10-20(22-17(11-23)13-25-28(22)15-19)16-7-8-21(24-12-16)27-9-5-6-18(14-27)26(2)3/h7-8,10,12-13,15,18H,4-6,9,14H2,1-3H3. The molecule has 0 amide bonds. The van der Waals surface area contributed by atoms with Gasteiger partial charge >= 0.3 is 0 Å². The highest BCUT2D eigenvalue weighted by molar-refractivity contribution is 5.85. The summed E-state index contributed by atoms with van der Waals surface area (Å²) in [7, 11) is 4.28. The summed E-state index contributed by atoms with van der Waals surface area (Å²) in [6, 6.07) is 8.88. The zero-order valence-corrected chi connectivity index (χ0v) is 17.2. The Morgan fingerprint density at radius 2 is 2.17 bits per heavy atom. The normalized spacial score (nSPS) is 16.9. The van der Waals surface area contributed by atoms with Crippen LogP contribution in [0.1, 0.15) is 25.3 Å². The maximum absolute atomic E-state index is 9.49. The van der Waals surface area contributed by atoms with Crippen LogP contribution in [0.2, 0.25) is 0 Å². The maximum atomic E-state index is 9.49. The summed E-state index contributed by atoms with van der Waals surface area (Å²) in [6.07, 6.45) is 7.67. The molecule has 0 radical (unpaired) electrons. The Kier molecular flexibility index (Phi) is 5.36. The number of anilines is 1. The van der Waals surface area contributed by atoms with Gasteiger partial charge in [0.05, 0.1) is 30.1 Å². The number of rotatable bonds is 5. The summed E-state index contributed by atoms with van der Waals surface area (Å²) in [5, 5.41) is 13.8. The van der Waals surface area contributed by atoms with Crippen molar-refractivity contribution in [2.24, 2.45) is 0 Å². The van der Waals surface area contributed by atoms with Crippen LogP contribution in [0.4, 0.5) is 5.82 Å². The fourth-order valence-electron chi connectivity index (χ4n) is 3.96. The number of likely N-dealkylation sites (N-methyl/N-ethyl adjacent to an activating group) is 1. The van der Waals surface area contributed by atoms with Gasteiger partial charge in [-0.05, 0) is 52.1 Å². The summed E-state index contributed by atoms with van der Waals surface area (Å²) in [5.41, 5.74) is 3.15. The summed E-state index contributed by atoms with van der Waals surface area (Å²) in [4.78, 5) is 9.39. The van der Waals surface area contributed by atoms with Crippen molar-refractivity contribution in [3.63, 3.8) is 0 Å². The monoisotopic (exact) mass is 390 g/mol. The molecule has 7 heteroatoms. The van der Waals surface area contributed by atoms with Crippen LogP contribution in [-0.4, -0.2) is 59.3 Å². The van der Waals surface area contributed by atoms with Crippen LogP contribution in [0.25, 0.3) is 16.6 Å². The molecule has 0 spiro atoms. The molecular weight excluding hydrogens is 364 g/mol. The van der Waals surface area contributed by atoms with E-state index < -0.39 is 0 Å². The number of nitrogens with zero attached hydrogens (tertiary/aromatic N) is 6. The third-order valence-electron chi connectivity index (χ3n) is 5.53. The Bertz CT molecular complexity index is 1030. The minimum Gasteiger partial charge on any atom is -0.492 e. The molecule has 1 saturated heterocycles. The van der Waals surface area contributed by atoms with Crippen LogP contribution in [0, 0.1) is 11.3 Å². The smallest absolute Gasteiger partial charge is 0.138 e. The number of nitriles is 1. The van der Waals surface area contributed by atoms with Crippen LogP contribution < -0.4 is 9.64 Å². The lowest BCUT2D eigenvalue weighted by Gasteiger charge is -2.36. The number of fused-ring (bicyclic) bond motifs is 1. The minimum atomic E-state index is 0.539. The highest BCUT2D eigenvalue weighted by Crippen LogP contribution is 2.31. The van der Waals surface area contributed by atoms with Gasteiger partial charge in [0.25, 0.3) is 0 Å². The number of piperidine rings is 1. The van der Waals surface area contributed by atoms with E-state index in [9.17, 15) is 5.26 Å². The quantitative estimate of drug-likeness (QED) is 0.666. The second-order valence-electron chi connectivity index (χ2n) is 7.60. The largest absolute Gasteiger partial charge is 0.492 e. The van der Waals surface area contributed by atoms with Gasteiger partial charge in [0.1, 0.15) is 17.6 Å². The topological polar surface area (TPSA) is 69.7 Å². The lowest BCUT2D eigenvalue weighted by molar-refractivity contribution is 0.257. The van der Waals surface area contributed by atoms with Crippen molar-refractivity contribution in [1.82, 2.24) is 19.5 Å². The Morgan fingerprint density at radius 1 is 1.31 bits per heavy atom. The van der Waals surface area contributed by atoms with Crippen molar-refractivity contribution < 1.29 is 4.74 Å². The van der Waals surface area contributed by atoms with Gasteiger partial charge in [-0.2, -0.15) is 10.4 Å². The molecule has 0 aromatic carbocycles. The number of pyridine rings is 2. The van der Waals surface area contributed by atoms with Crippen LogP contribution in [0.3, 0.4) is 0 Å². The molecule has 0 N–H and O–H groups in total. The fourth-order valence-corrected chi connectivity index (χ4v) is 3.96. The van der Waals surface area contributed by atoms with Crippen molar-refractivity contribution >= 4 is 11.3 Å². The highest BCUT2D eigenvalue weighted by Gasteiger charge is 2.22. The van der Waals surface area contributed by atoms with Crippen LogP contribution in [0.15, 0.2) is 36.8 Å². The number of hydrogen-bond donors (Lipinski definition) is 0. The maximum Gasteiger partial charge on any atom is 0.138 e. The second-order valence-corrected chi connectivity index (χ2v) is 7.60. The van der Waals surface area contributed by atoms with E-state index in [4.69, 9.17) is 9.72 Å². The first kappa shape index (κ1) is 19.2. The molecule has 4 rings (SSSR count). The summed E-state index contributed by atoms with van der Waals surface area (Å²) >= 11 is 0. The fraction of sp³-hybridized carbons (Fsp3) is 0.409. The summed E-state index contributed by atoms with van der Waals surface area (Å²) < 4.78 is 7.40. The Labute approximate surface area is 171 Å². The van der Waals surface area contributed by atoms with Crippen LogP contribution in [0.5, 0.6) is 5.75 Å². The van der Waals surface area contributed by atoms with Crippen LogP contribution >= 0.6 is 0 Å². The molecule has 29 heavy (non-hydrogen) atoms. The second kappa shape index (κ2) is 8.10. The summed E-state index contributed by atoms with van der Waals surface area (Å²) in [6.45, 7) is 4.53. The first-order valence-corrected chi connectivity index (χ1v) is 10.0. The molecule has 0 bridgehead atoms. The van der Waals surface area contributed by atoms with E-state index in [-0.39, 0.29) is 0 Å². The van der Waals surface area contributed by atoms with Gasteiger partial charge in [0.15, 0.2) is 0 Å². The molecule has 7 nitrogen and oxygen atoms in total. The first-order valence-electron chi connectivity index (χ1n) is 10.0. The van der Waals surface area contributed by atoms with Gasteiger partial charge in [0.2, 0.25) is 0 Å². The van der Waals surface area contributed by atoms with Gasteiger partial charge in [-0.3, -0.25) is 0 Å². The number of aromatic nitrogens is 3. The lowest BCUT2D eigenvalue weighted by atomic mass is 10.0. The van der Waals surface area contributed by atoms with Crippen molar-refractivity contribution in [1.29, 1.82) is 5.26 Å².